The predicted octanol–water partition coefficient (Wildman–Crippen LogP) is 3.02. The number of amides is 2. The zero-order valence-corrected chi connectivity index (χ0v) is 16.8. The van der Waals surface area contributed by atoms with E-state index in [-0.39, 0.29) is 30.4 Å². The van der Waals surface area contributed by atoms with Gasteiger partial charge in [-0.2, -0.15) is 0 Å². The number of aromatic nitrogens is 1. The zero-order chi connectivity index (χ0) is 20.4. The Morgan fingerprint density at radius 1 is 1.07 bits per heavy atom. The Hall–Kier alpha value is -3.28. The van der Waals surface area contributed by atoms with E-state index in [2.05, 4.69) is 17.1 Å². The lowest BCUT2D eigenvalue weighted by atomic mass is 9.86. The second kappa shape index (κ2) is 6.36. The van der Waals surface area contributed by atoms with Crippen LogP contribution >= 0.6 is 0 Å². The molecule has 2 amide bonds. The summed E-state index contributed by atoms with van der Waals surface area (Å²) in [5.41, 5.74) is 4.13. The third kappa shape index (κ3) is 2.49. The molecule has 2 aromatic carbocycles. The Balaban J connectivity index is 1.55. The molecule has 1 saturated heterocycles. The van der Waals surface area contributed by atoms with Gasteiger partial charge in [-0.05, 0) is 42.2 Å². The largest absolute Gasteiger partial charge is 0.497 e. The number of rotatable bonds is 3. The second-order valence-electron chi connectivity index (χ2n) is 8.46. The molecular formula is C24H23N3O3. The molecule has 2 fully saturated rings. The van der Waals surface area contributed by atoms with Gasteiger partial charge in [-0.25, -0.2) is 0 Å². The SMILES string of the molecule is COc1cccc([C@H]2c3[nH]c4ccccc4c3C[C@H]3C(=O)N(C4CC4)CC(=O)N23)c1. The first-order chi connectivity index (χ1) is 14.7. The molecule has 6 heteroatoms. The van der Waals surface area contributed by atoms with Crippen molar-refractivity contribution in [1.82, 2.24) is 14.8 Å². The van der Waals surface area contributed by atoms with Crippen LogP contribution in [0.2, 0.25) is 0 Å². The Labute approximate surface area is 174 Å². The minimum absolute atomic E-state index is 0.0172. The molecular weight excluding hydrogens is 378 g/mol. The summed E-state index contributed by atoms with van der Waals surface area (Å²) < 4.78 is 5.44. The van der Waals surface area contributed by atoms with E-state index >= 15 is 0 Å². The van der Waals surface area contributed by atoms with Gasteiger partial charge >= 0.3 is 0 Å². The van der Waals surface area contributed by atoms with Crippen LogP contribution in [0.4, 0.5) is 0 Å². The Bertz CT molecular complexity index is 1180. The van der Waals surface area contributed by atoms with E-state index in [4.69, 9.17) is 4.74 Å². The van der Waals surface area contributed by atoms with Crippen molar-refractivity contribution in [2.75, 3.05) is 13.7 Å². The maximum Gasteiger partial charge on any atom is 0.246 e. The third-order valence-electron chi connectivity index (χ3n) is 6.69. The molecule has 3 aliphatic rings. The average Bonchev–Trinajstić information content (AvgIpc) is 3.55. The van der Waals surface area contributed by atoms with Crippen LogP contribution in [-0.2, 0) is 16.0 Å². The zero-order valence-electron chi connectivity index (χ0n) is 16.8. The maximum atomic E-state index is 13.5. The van der Waals surface area contributed by atoms with E-state index in [1.165, 1.54) is 0 Å². The Kier molecular flexibility index (Phi) is 3.72. The van der Waals surface area contributed by atoms with Gasteiger partial charge in [0.2, 0.25) is 11.8 Å². The van der Waals surface area contributed by atoms with Crippen LogP contribution in [0.15, 0.2) is 48.5 Å². The summed E-state index contributed by atoms with van der Waals surface area (Å²) in [5, 5.41) is 1.13. The second-order valence-corrected chi connectivity index (χ2v) is 8.46. The van der Waals surface area contributed by atoms with Gasteiger partial charge < -0.3 is 19.5 Å². The Morgan fingerprint density at radius 3 is 2.70 bits per heavy atom. The summed E-state index contributed by atoms with van der Waals surface area (Å²) in [6.07, 6.45) is 2.56. The highest BCUT2D eigenvalue weighted by atomic mass is 16.5. The molecule has 3 heterocycles. The summed E-state index contributed by atoms with van der Waals surface area (Å²) in [4.78, 5) is 34.0. The van der Waals surface area contributed by atoms with E-state index in [1.54, 1.807) is 7.11 Å². The molecule has 2 aliphatic heterocycles. The van der Waals surface area contributed by atoms with Crippen molar-refractivity contribution in [3.63, 3.8) is 0 Å². The van der Waals surface area contributed by atoms with Crippen molar-refractivity contribution in [3.05, 3.63) is 65.4 Å². The molecule has 6 nitrogen and oxygen atoms in total. The lowest BCUT2D eigenvalue weighted by Gasteiger charge is -2.47. The summed E-state index contributed by atoms with van der Waals surface area (Å²) in [5.74, 6) is 0.840. The number of nitrogens with one attached hydrogen (secondary N) is 1. The lowest BCUT2D eigenvalue weighted by Crippen LogP contribution is -2.63. The van der Waals surface area contributed by atoms with Crippen LogP contribution in [-0.4, -0.2) is 52.3 Å². The molecule has 1 aromatic heterocycles. The van der Waals surface area contributed by atoms with Gasteiger partial charge in [0.15, 0.2) is 0 Å². The van der Waals surface area contributed by atoms with Crippen molar-refractivity contribution >= 4 is 22.7 Å². The molecule has 0 unspecified atom stereocenters. The highest BCUT2D eigenvalue weighted by Gasteiger charge is 2.50. The number of benzene rings is 2. The molecule has 152 valence electrons. The fourth-order valence-corrected chi connectivity index (χ4v) is 5.14. The van der Waals surface area contributed by atoms with Crippen LogP contribution in [0, 0.1) is 0 Å². The van der Waals surface area contributed by atoms with E-state index in [0.717, 1.165) is 46.3 Å². The van der Waals surface area contributed by atoms with Crippen LogP contribution in [0.5, 0.6) is 5.75 Å². The first-order valence-electron chi connectivity index (χ1n) is 10.5. The number of aromatic amines is 1. The van der Waals surface area contributed by atoms with Crippen molar-refractivity contribution in [1.29, 1.82) is 0 Å². The minimum Gasteiger partial charge on any atom is -0.497 e. The van der Waals surface area contributed by atoms with E-state index in [0.29, 0.717) is 6.42 Å². The monoisotopic (exact) mass is 401 g/mol. The van der Waals surface area contributed by atoms with Crippen LogP contribution in [0.3, 0.4) is 0 Å². The number of nitrogens with zero attached hydrogens (tertiary/aromatic N) is 2. The molecule has 6 rings (SSSR count). The van der Waals surface area contributed by atoms with E-state index in [9.17, 15) is 9.59 Å². The summed E-state index contributed by atoms with van der Waals surface area (Å²) in [6.45, 7) is 0.177. The van der Waals surface area contributed by atoms with Gasteiger partial charge in [-0.1, -0.05) is 30.3 Å². The maximum absolute atomic E-state index is 13.5. The number of ether oxygens (including phenoxy) is 1. The van der Waals surface area contributed by atoms with Gasteiger partial charge in [0.1, 0.15) is 18.3 Å². The topological polar surface area (TPSA) is 65.6 Å². The van der Waals surface area contributed by atoms with Crippen LogP contribution in [0.25, 0.3) is 10.9 Å². The fraction of sp³-hybridized carbons (Fsp3) is 0.333. The van der Waals surface area contributed by atoms with E-state index < -0.39 is 6.04 Å². The number of fused-ring (bicyclic) bond motifs is 4. The smallest absolute Gasteiger partial charge is 0.246 e. The quantitative estimate of drug-likeness (QED) is 0.734. The van der Waals surface area contributed by atoms with Crippen LogP contribution in [0.1, 0.15) is 35.7 Å². The standard InChI is InChI=1S/C24H23N3O3/c1-30-16-6-4-5-14(11-16)23-22-18(17-7-2-3-8-19(17)25-22)12-20-24(29)26(15-9-10-15)13-21(28)27(20)23/h2-8,11,15,20,23,25H,9-10,12-13H2,1H3/t20-,23-/m0/s1. The molecule has 1 aliphatic carbocycles. The first-order valence-corrected chi connectivity index (χ1v) is 10.5. The summed E-state index contributed by atoms with van der Waals surface area (Å²) in [6, 6.07) is 15.4. The highest BCUT2D eigenvalue weighted by Crippen LogP contribution is 2.44. The van der Waals surface area contributed by atoms with Crippen molar-refractivity contribution in [2.24, 2.45) is 0 Å². The highest BCUT2D eigenvalue weighted by molar-refractivity contribution is 5.98. The van der Waals surface area contributed by atoms with Crippen molar-refractivity contribution < 1.29 is 14.3 Å². The van der Waals surface area contributed by atoms with Gasteiger partial charge in [-0.3, -0.25) is 9.59 Å². The molecule has 1 saturated carbocycles. The summed E-state index contributed by atoms with van der Waals surface area (Å²) in [7, 11) is 1.64. The molecule has 3 aromatic rings. The first kappa shape index (κ1) is 17.6. The lowest BCUT2D eigenvalue weighted by molar-refractivity contribution is -0.159. The van der Waals surface area contributed by atoms with Gasteiger partial charge in [0, 0.05) is 29.1 Å². The number of methoxy groups -OCH3 is 1. The van der Waals surface area contributed by atoms with Crippen LogP contribution < -0.4 is 4.74 Å². The number of carbonyl (C=O) groups is 2. The molecule has 0 spiro atoms. The number of para-hydroxylation sites is 1. The Morgan fingerprint density at radius 2 is 1.90 bits per heavy atom. The average molecular weight is 401 g/mol. The normalized spacial score (nSPS) is 23.5. The fourth-order valence-electron chi connectivity index (χ4n) is 5.14. The van der Waals surface area contributed by atoms with Crippen molar-refractivity contribution in [2.45, 2.75) is 37.4 Å². The number of H-pyrrole nitrogens is 1. The predicted molar refractivity (Wildman–Crippen MR) is 112 cm³/mol. The molecule has 30 heavy (non-hydrogen) atoms. The van der Waals surface area contributed by atoms with Gasteiger partial charge in [0.25, 0.3) is 0 Å². The molecule has 0 radical (unpaired) electrons. The number of hydrogen-bond donors (Lipinski definition) is 1. The molecule has 2 atom stereocenters. The molecule has 0 bridgehead atoms. The van der Waals surface area contributed by atoms with E-state index in [1.807, 2.05) is 46.2 Å². The van der Waals surface area contributed by atoms with Crippen molar-refractivity contribution in [3.8, 4) is 5.75 Å². The van der Waals surface area contributed by atoms with Gasteiger partial charge in [-0.15, -0.1) is 0 Å². The third-order valence-corrected chi connectivity index (χ3v) is 6.69. The summed E-state index contributed by atoms with van der Waals surface area (Å²) >= 11 is 0. The number of piperazine rings is 1. The number of hydrogen-bond acceptors (Lipinski definition) is 3. The minimum atomic E-state index is -0.463. The molecule has 1 N–H and O–H groups in total. The van der Waals surface area contributed by atoms with Gasteiger partial charge in [0.05, 0.1) is 13.2 Å². The number of carbonyl (C=O) groups excluding carboxylic acids is 2.